The van der Waals surface area contributed by atoms with Crippen LogP contribution in [0.4, 0.5) is 0 Å². The predicted molar refractivity (Wildman–Crippen MR) is 98.0 cm³/mol. The zero-order valence-electron chi connectivity index (χ0n) is 13.5. The van der Waals surface area contributed by atoms with Gasteiger partial charge in [-0.1, -0.05) is 46.9 Å². The minimum absolute atomic E-state index is 0.211. The molecule has 25 heavy (non-hydrogen) atoms. The van der Waals surface area contributed by atoms with Crippen LogP contribution in [-0.2, 0) is 11.2 Å². The van der Waals surface area contributed by atoms with Crippen molar-refractivity contribution >= 4 is 46.4 Å². The lowest BCUT2D eigenvalue weighted by Crippen LogP contribution is -2.07. The number of aryl methyl sites for hydroxylation is 1. The van der Waals surface area contributed by atoms with Gasteiger partial charge in [-0.05, 0) is 31.5 Å². The van der Waals surface area contributed by atoms with E-state index in [1.165, 1.54) is 4.52 Å². The highest BCUT2D eigenvalue weighted by Crippen LogP contribution is 2.29. The lowest BCUT2D eigenvalue weighted by molar-refractivity contribution is 0.0527. The first-order valence-electron chi connectivity index (χ1n) is 7.57. The van der Waals surface area contributed by atoms with Crippen LogP contribution in [0.25, 0.3) is 5.65 Å². The third-order valence-electron chi connectivity index (χ3n) is 3.67. The molecule has 0 fully saturated rings. The fraction of sp³-hybridized carbons (Fsp3) is 0.235. The highest BCUT2D eigenvalue weighted by Gasteiger charge is 2.23. The van der Waals surface area contributed by atoms with Gasteiger partial charge in [0.05, 0.1) is 12.3 Å². The van der Waals surface area contributed by atoms with E-state index in [1.54, 1.807) is 19.9 Å². The van der Waals surface area contributed by atoms with E-state index in [0.29, 0.717) is 27.9 Å². The molecule has 2 aromatic heterocycles. The average Bonchev–Trinajstić information content (AvgIpc) is 2.88. The van der Waals surface area contributed by atoms with Crippen molar-refractivity contribution in [2.75, 3.05) is 6.61 Å². The van der Waals surface area contributed by atoms with E-state index in [1.807, 2.05) is 18.2 Å². The quantitative estimate of drug-likeness (QED) is 0.469. The predicted octanol–water partition coefficient (Wildman–Crippen LogP) is 4.77. The van der Waals surface area contributed by atoms with Gasteiger partial charge in [0.25, 0.3) is 0 Å². The third-order valence-corrected chi connectivity index (χ3v) is 4.61. The van der Waals surface area contributed by atoms with Gasteiger partial charge in [-0.3, -0.25) is 0 Å². The number of aromatic nitrogens is 3. The van der Waals surface area contributed by atoms with Crippen LogP contribution in [0.2, 0.25) is 15.3 Å². The maximum Gasteiger partial charge on any atom is 0.343 e. The largest absolute Gasteiger partial charge is 0.462 e. The molecular formula is C17H14Cl3N3O2. The summed E-state index contributed by atoms with van der Waals surface area (Å²) < 4.78 is 6.47. The number of ether oxygens (including phenoxy) is 1. The van der Waals surface area contributed by atoms with Crippen LogP contribution < -0.4 is 0 Å². The van der Waals surface area contributed by atoms with E-state index in [9.17, 15) is 4.79 Å². The number of hydrogen-bond donors (Lipinski definition) is 0. The Morgan fingerprint density at radius 2 is 2.04 bits per heavy atom. The number of fused-ring (bicyclic) bond motifs is 1. The molecule has 0 atom stereocenters. The molecule has 0 aliphatic rings. The molecule has 2 heterocycles. The van der Waals surface area contributed by atoms with Crippen molar-refractivity contribution in [2.24, 2.45) is 0 Å². The van der Waals surface area contributed by atoms with E-state index in [-0.39, 0.29) is 23.0 Å². The number of hydrogen-bond acceptors (Lipinski definition) is 4. The second kappa shape index (κ2) is 7.20. The molecule has 0 saturated carbocycles. The topological polar surface area (TPSA) is 56.5 Å². The summed E-state index contributed by atoms with van der Waals surface area (Å²) in [5, 5.41) is 5.45. The van der Waals surface area contributed by atoms with Gasteiger partial charge in [-0.15, -0.1) is 0 Å². The van der Waals surface area contributed by atoms with Gasteiger partial charge >= 0.3 is 5.97 Å². The second-order valence-corrected chi connectivity index (χ2v) is 6.55. The maximum absolute atomic E-state index is 12.2. The summed E-state index contributed by atoms with van der Waals surface area (Å²) in [4.78, 5) is 16.5. The second-order valence-electron chi connectivity index (χ2n) is 5.39. The Kier molecular flexibility index (Phi) is 5.18. The third kappa shape index (κ3) is 3.45. The van der Waals surface area contributed by atoms with Crippen LogP contribution >= 0.6 is 34.8 Å². The molecule has 5 nitrogen and oxygen atoms in total. The number of carbonyl (C=O) groups excluding carboxylic acids is 1. The number of esters is 1. The molecule has 0 bridgehead atoms. The normalized spacial score (nSPS) is 11.1. The van der Waals surface area contributed by atoms with E-state index < -0.39 is 5.97 Å². The molecule has 3 aromatic rings. The fourth-order valence-corrected chi connectivity index (χ4v) is 3.34. The van der Waals surface area contributed by atoms with Gasteiger partial charge in [-0.2, -0.15) is 5.10 Å². The van der Waals surface area contributed by atoms with Gasteiger partial charge in [0.1, 0.15) is 15.9 Å². The van der Waals surface area contributed by atoms with Crippen molar-refractivity contribution in [3.63, 3.8) is 0 Å². The Balaban J connectivity index is 2.12. The molecule has 0 N–H and O–H groups in total. The van der Waals surface area contributed by atoms with Crippen LogP contribution in [-0.4, -0.2) is 27.2 Å². The minimum atomic E-state index is -0.503. The molecule has 3 rings (SSSR count). The summed E-state index contributed by atoms with van der Waals surface area (Å²) in [5.41, 5.74) is 2.56. The lowest BCUT2D eigenvalue weighted by atomic mass is 10.1. The van der Waals surface area contributed by atoms with Crippen LogP contribution in [0.5, 0.6) is 0 Å². The molecule has 0 amide bonds. The molecular weight excluding hydrogens is 385 g/mol. The highest BCUT2D eigenvalue weighted by atomic mass is 35.5. The van der Waals surface area contributed by atoms with E-state index >= 15 is 0 Å². The van der Waals surface area contributed by atoms with E-state index in [4.69, 9.17) is 39.5 Å². The van der Waals surface area contributed by atoms with Crippen LogP contribution in [0.3, 0.4) is 0 Å². The van der Waals surface area contributed by atoms with Crippen molar-refractivity contribution in [1.82, 2.24) is 14.6 Å². The van der Waals surface area contributed by atoms with Gasteiger partial charge in [0, 0.05) is 17.0 Å². The van der Waals surface area contributed by atoms with Crippen LogP contribution in [0.1, 0.15) is 34.1 Å². The Morgan fingerprint density at radius 3 is 2.72 bits per heavy atom. The van der Waals surface area contributed by atoms with Gasteiger partial charge in [0.2, 0.25) is 0 Å². The van der Waals surface area contributed by atoms with Crippen LogP contribution in [0, 0.1) is 6.92 Å². The summed E-state index contributed by atoms with van der Waals surface area (Å²) in [6, 6.07) is 7.39. The first-order chi connectivity index (χ1) is 11.9. The van der Waals surface area contributed by atoms with Crippen molar-refractivity contribution in [3.05, 3.63) is 62.0 Å². The molecule has 0 aliphatic carbocycles. The Labute approximate surface area is 159 Å². The highest BCUT2D eigenvalue weighted by molar-refractivity contribution is 6.35. The molecule has 0 unspecified atom stereocenters. The monoisotopic (exact) mass is 397 g/mol. The number of benzene rings is 1. The average molecular weight is 399 g/mol. The van der Waals surface area contributed by atoms with Crippen molar-refractivity contribution in [1.29, 1.82) is 0 Å². The molecule has 130 valence electrons. The lowest BCUT2D eigenvalue weighted by Gasteiger charge is -2.09. The summed E-state index contributed by atoms with van der Waals surface area (Å²) in [5.74, 6) is -0.503. The van der Waals surface area contributed by atoms with E-state index in [2.05, 4.69) is 10.1 Å². The summed E-state index contributed by atoms with van der Waals surface area (Å²) >= 11 is 18.9. The van der Waals surface area contributed by atoms with Crippen molar-refractivity contribution in [3.8, 4) is 0 Å². The Bertz CT molecular complexity index is 969. The van der Waals surface area contributed by atoms with Gasteiger partial charge in [-0.25, -0.2) is 14.3 Å². The first-order valence-corrected chi connectivity index (χ1v) is 8.70. The first kappa shape index (κ1) is 18.0. The van der Waals surface area contributed by atoms with Crippen molar-refractivity contribution < 1.29 is 9.53 Å². The van der Waals surface area contributed by atoms with Gasteiger partial charge < -0.3 is 4.74 Å². The molecule has 1 aromatic carbocycles. The molecule has 0 aliphatic heterocycles. The smallest absolute Gasteiger partial charge is 0.343 e. The molecule has 8 heteroatoms. The zero-order chi connectivity index (χ0) is 18.1. The maximum atomic E-state index is 12.2. The summed E-state index contributed by atoms with van der Waals surface area (Å²) in [6.07, 6.45) is 0.439. The Morgan fingerprint density at radius 1 is 1.28 bits per heavy atom. The molecule has 0 spiro atoms. The van der Waals surface area contributed by atoms with E-state index in [0.717, 1.165) is 5.56 Å². The molecule has 0 radical (unpaired) electrons. The fourth-order valence-electron chi connectivity index (χ4n) is 2.57. The van der Waals surface area contributed by atoms with Crippen molar-refractivity contribution in [2.45, 2.75) is 20.3 Å². The SMILES string of the molecule is CCOC(=O)c1c(C)nn2c(Cl)c(Cc3cccc(Cl)c3)c(Cl)nc12. The summed E-state index contributed by atoms with van der Waals surface area (Å²) in [7, 11) is 0. The standard InChI is InChI=1S/C17H14Cl3N3O2/c1-3-25-17(24)13-9(2)22-23-15(20)12(14(19)21-16(13)23)8-10-5-4-6-11(18)7-10/h4-7H,3,8H2,1-2H3. The minimum Gasteiger partial charge on any atom is -0.462 e. The number of carbonyl (C=O) groups is 1. The number of rotatable bonds is 4. The number of halogens is 3. The van der Waals surface area contributed by atoms with Gasteiger partial charge in [0.15, 0.2) is 5.65 Å². The zero-order valence-corrected chi connectivity index (χ0v) is 15.8. The molecule has 0 saturated heterocycles. The Hall–Kier alpha value is -1.82. The number of nitrogens with zero attached hydrogens (tertiary/aromatic N) is 3. The van der Waals surface area contributed by atoms with Crippen LogP contribution in [0.15, 0.2) is 24.3 Å². The summed E-state index contributed by atoms with van der Waals surface area (Å²) in [6.45, 7) is 3.68.